The molecule has 0 radical (unpaired) electrons. The van der Waals surface area contributed by atoms with Gasteiger partial charge >= 0.3 is 0 Å². The van der Waals surface area contributed by atoms with Gasteiger partial charge in [0.2, 0.25) is 0 Å². The van der Waals surface area contributed by atoms with Gasteiger partial charge in [0.05, 0.1) is 11.7 Å². The van der Waals surface area contributed by atoms with E-state index in [4.69, 9.17) is 10.5 Å². The summed E-state index contributed by atoms with van der Waals surface area (Å²) in [5.41, 5.74) is 5.80. The molecule has 1 aromatic rings. The SMILES string of the molecule is C[C@]12CC[C@H](O)C[C@@H]1CC[C@@H]1[C@@H]2CC[C@]2(C)[C@@](OCCCN)(c3ccccc3)CC[C@]12O. The van der Waals surface area contributed by atoms with E-state index in [0.717, 1.165) is 64.2 Å². The molecular weight excluding hydrogens is 398 g/mol. The highest BCUT2D eigenvalue weighted by Gasteiger charge is 2.72. The molecule has 0 bridgehead atoms. The van der Waals surface area contributed by atoms with Crippen LogP contribution in [0.15, 0.2) is 30.3 Å². The van der Waals surface area contributed by atoms with Gasteiger partial charge in [-0.1, -0.05) is 44.2 Å². The van der Waals surface area contributed by atoms with Gasteiger partial charge in [-0.05, 0) is 99.5 Å². The minimum atomic E-state index is -0.710. The van der Waals surface area contributed by atoms with Gasteiger partial charge in [-0.2, -0.15) is 0 Å². The number of aliphatic hydroxyl groups is 2. The Balaban J connectivity index is 1.52. The van der Waals surface area contributed by atoms with Crippen molar-refractivity contribution in [1.82, 2.24) is 0 Å². The molecule has 4 aliphatic rings. The molecule has 5 rings (SSSR count). The summed E-state index contributed by atoms with van der Waals surface area (Å²) in [5.74, 6) is 1.46. The van der Waals surface area contributed by atoms with Crippen LogP contribution >= 0.6 is 0 Å². The van der Waals surface area contributed by atoms with E-state index in [-0.39, 0.29) is 16.9 Å². The molecular formula is C28H43NO3. The molecule has 0 aromatic heterocycles. The predicted molar refractivity (Wildman–Crippen MR) is 127 cm³/mol. The maximum atomic E-state index is 12.6. The summed E-state index contributed by atoms with van der Waals surface area (Å²) in [5, 5.41) is 22.9. The first kappa shape index (κ1) is 22.8. The second-order valence-corrected chi connectivity index (χ2v) is 11.9. The van der Waals surface area contributed by atoms with Gasteiger partial charge in [0.1, 0.15) is 5.60 Å². The van der Waals surface area contributed by atoms with Crippen molar-refractivity contribution in [1.29, 1.82) is 0 Å². The number of fused-ring (bicyclic) bond motifs is 5. The molecule has 0 spiro atoms. The molecule has 4 N–H and O–H groups in total. The lowest BCUT2D eigenvalue weighted by atomic mass is 9.42. The molecule has 8 atom stereocenters. The zero-order valence-electron chi connectivity index (χ0n) is 20.1. The van der Waals surface area contributed by atoms with E-state index in [1.54, 1.807) is 0 Å². The Morgan fingerprint density at radius 3 is 2.50 bits per heavy atom. The van der Waals surface area contributed by atoms with Gasteiger partial charge in [0.15, 0.2) is 0 Å². The van der Waals surface area contributed by atoms with Crippen LogP contribution < -0.4 is 5.73 Å². The number of nitrogens with two attached hydrogens (primary N) is 1. The van der Waals surface area contributed by atoms with Crippen LogP contribution in [0.25, 0.3) is 0 Å². The number of benzene rings is 1. The van der Waals surface area contributed by atoms with E-state index in [9.17, 15) is 10.2 Å². The normalized spacial score (nSPS) is 48.0. The van der Waals surface area contributed by atoms with E-state index in [2.05, 4.69) is 44.2 Å². The van der Waals surface area contributed by atoms with Crippen LogP contribution in [0.2, 0.25) is 0 Å². The van der Waals surface area contributed by atoms with Crippen LogP contribution in [0.1, 0.15) is 83.6 Å². The van der Waals surface area contributed by atoms with Crippen LogP contribution in [0, 0.1) is 28.6 Å². The second kappa shape index (κ2) is 8.08. The fourth-order valence-corrected chi connectivity index (χ4v) is 9.02. The molecule has 4 heteroatoms. The molecule has 0 heterocycles. The largest absolute Gasteiger partial charge is 0.393 e. The van der Waals surface area contributed by atoms with Crippen molar-refractivity contribution < 1.29 is 14.9 Å². The van der Waals surface area contributed by atoms with Crippen molar-refractivity contribution in [3.8, 4) is 0 Å². The topological polar surface area (TPSA) is 75.7 Å². The van der Waals surface area contributed by atoms with Crippen LogP contribution in [0.4, 0.5) is 0 Å². The molecule has 1 aromatic carbocycles. The molecule has 0 saturated heterocycles. The number of hydrogen-bond donors (Lipinski definition) is 3. The maximum absolute atomic E-state index is 12.6. The Bertz CT molecular complexity index is 816. The van der Waals surface area contributed by atoms with Crippen molar-refractivity contribution in [3.05, 3.63) is 35.9 Å². The van der Waals surface area contributed by atoms with Crippen LogP contribution in [-0.4, -0.2) is 35.1 Å². The zero-order chi connectivity index (χ0) is 22.6. The third kappa shape index (κ3) is 3.02. The Morgan fingerprint density at radius 2 is 1.75 bits per heavy atom. The van der Waals surface area contributed by atoms with E-state index in [0.29, 0.717) is 30.9 Å². The minimum absolute atomic E-state index is 0.130. The summed E-state index contributed by atoms with van der Waals surface area (Å²) in [6.45, 7) is 6.07. The van der Waals surface area contributed by atoms with Gasteiger partial charge in [0, 0.05) is 12.0 Å². The lowest BCUT2D eigenvalue weighted by Gasteiger charge is -2.64. The maximum Gasteiger partial charge on any atom is 0.101 e. The predicted octanol–water partition coefficient (Wildman–Crippen LogP) is 4.77. The second-order valence-electron chi connectivity index (χ2n) is 11.9. The molecule has 0 unspecified atom stereocenters. The average Bonchev–Trinajstić information content (AvgIpc) is 3.03. The third-order valence-electron chi connectivity index (χ3n) is 10.9. The Hall–Kier alpha value is -0.940. The van der Waals surface area contributed by atoms with Crippen molar-refractivity contribution in [2.24, 2.45) is 34.3 Å². The molecule has 0 amide bonds. The summed E-state index contributed by atoms with van der Waals surface area (Å²) in [6.07, 6.45) is 9.73. The highest BCUT2D eigenvalue weighted by Crippen LogP contribution is 2.72. The molecule has 4 nitrogen and oxygen atoms in total. The van der Waals surface area contributed by atoms with Crippen molar-refractivity contribution >= 4 is 0 Å². The quantitative estimate of drug-likeness (QED) is 0.576. The minimum Gasteiger partial charge on any atom is -0.393 e. The first-order valence-corrected chi connectivity index (χ1v) is 13.1. The van der Waals surface area contributed by atoms with E-state index in [1.807, 2.05) is 0 Å². The summed E-state index contributed by atoms with van der Waals surface area (Å²) >= 11 is 0. The first-order chi connectivity index (χ1) is 15.3. The molecule has 4 saturated carbocycles. The van der Waals surface area contributed by atoms with Crippen LogP contribution in [0.5, 0.6) is 0 Å². The van der Waals surface area contributed by atoms with Crippen molar-refractivity contribution in [3.63, 3.8) is 0 Å². The highest BCUT2D eigenvalue weighted by molar-refractivity contribution is 5.33. The molecule has 0 aliphatic heterocycles. The van der Waals surface area contributed by atoms with E-state index >= 15 is 0 Å². The standard InChI is InChI=1S/C28H43NO3/c1-25-13-11-22(30)19-21(25)9-10-24-23(25)12-14-26(2)27(24,31)15-16-28(26,32-18-6-17-29)20-7-4-3-5-8-20/h3-5,7-8,21-24,30-31H,6,9-19,29H2,1-2H3/t21-,22-,23-,24+,25-,26-,27-,28-/m0/s1. The fourth-order valence-electron chi connectivity index (χ4n) is 9.02. The molecule has 4 fully saturated rings. The fraction of sp³-hybridized carbons (Fsp3) is 0.786. The first-order valence-electron chi connectivity index (χ1n) is 13.1. The van der Waals surface area contributed by atoms with Crippen molar-refractivity contribution in [2.75, 3.05) is 13.2 Å². The van der Waals surface area contributed by atoms with Gasteiger partial charge in [-0.15, -0.1) is 0 Å². The van der Waals surface area contributed by atoms with Crippen molar-refractivity contribution in [2.45, 2.75) is 95.4 Å². The van der Waals surface area contributed by atoms with Crippen LogP contribution in [-0.2, 0) is 10.3 Å². The summed E-state index contributed by atoms with van der Waals surface area (Å²) < 4.78 is 6.81. The monoisotopic (exact) mass is 441 g/mol. The third-order valence-corrected chi connectivity index (χ3v) is 10.9. The van der Waals surface area contributed by atoms with Gasteiger partial charge < -0.3 is 20.7 Å². The lowest BCUT2D eigenvalue weighted by Crippen LogP contribution is -2.65. The van der Waals surface area contributed by atoms with Gasteiger partial charge in [0.25, 0.3) is 0 Å². The van der Waals surface area contributed by atoms with Crippen LogP contribution in [0.3, 0.4) is 0 Å². The Kier molecular flexibility index (Phi) is 5.76. The van der Waals surface area contributed by atoms with E-state index in [1.165, 1.54) is 5.56 Å². The lowest BCUT2D eigenvalue weighted by molar-refractivity contribution is -0.248. The highest BCUT2D eigenvalue weighted by atomic mass is 16.5. The average molecular weight is 442 g/mol. The zero-order valence-corrected chi connectivity index (χ0v) is 20.1. The molecule has 32 heavy (non-hydrogen) atoms. The number of ether oxygens (including phenoxy) is 1. The number of aliphatic hydroxyl groups excluding tert-OH is 1. The summed E-state index contributed by atoms with van der Waals surface area (Å²) in [4.78, 5) is 0. The Labute approximate surface area is 193 Å². The molecule has 4 aliphatic carbocycles. The number of rotatable bonds is 5. The smallest absolute Gasteiger partial charge is 0.101 e. The van der Waals surface area contributed by atoms with Gasteiger partial charge in [-0.25, -0.2) is 0 Å². The summed E-state index contributed by atoms with van der Waals surface area (Å²) in [7, 11) is 0. The Morgan fingerprint density at radius 1 is 0.969 bits per heavy atom. The molecule has 178 valence electrons. The van der Waals surface area contributed by atoms with E-state index < -0.39 is 11.2 Å². The van der Waals surface area contributed by atoms with Gasteiger partial charge in [-0.3, -0.25) is 0 Å². The number of hydrogen-bond acceptors (Lipinski definition) is 4. The summed E-state index contributed by atoms with van der Waals surface area (Å²) in [6, 6.07) is 10.7.